The molecule has 40 heavy (non-hydrogen) atoms. The van der Waals surface area contributed by atoms with Crippen LogP contribution in [0.3, 0.4) is 0 Å². The molecule has 0 aromatic rings. The van der Waals surface area contributed by atoms with E-state index in [1.807, 2.05) is 0 Å². The molecule has 0 radical (unpaired) electrons. The van der Waals surface area contributed by atoms with Gasteiger partial charge in [0.25, 0.3) is 0 Å². The number of carbonyl (C=O) groups is 1. The molecule has 0 heterocycles. The molecule has 0 bridgehead atoms. The third kappa shape index (κ3) is 20.7. The molecule has 0 aromatic carbocycles. The van der Waals surface area contributed by atoms with Crippen molar-refractivity contribution in [1.82, 2.24) is 0 Å². The molecule has 236 valence electrons. The second-order valence-corrected chi connectivity index (χ2v) is 13.3. The Kier molecular flexibility index (Phi) is 26.1. The van der Waals surface area contributed by atoms with Gasteiger partial charge in [0.05, 0.1) is 21.1 Å². The second-order valence-electron chi connectivity index (χ2n) is 13.3. The summed E-state index contributed by atoms with van der Waals surface area (Å²) >= 11 is 0. The van der Waals surface area contributed by atoms with E-state index in [2.05, 4.69) is 59.3 Å². The molecule has 0 amide bonds. The van der Waals surface area contributed by atoms with Crippen molar-refractivity contribution in [3.05, 3.63) is 24.3 Å². The number of quaternary nitrogens is 1. The Morgan fingerprint density at radius 3 is 1.23 bits per heavy atom. The van der Waals surface area contributed by atoms with Gasteiger partial charge in [-0.2, -0.15) is 0 Å². The van der Waals surface area contributed by atoms with Crippen LogP contribution < -0.4 is 0 Å². The van der Waals surface area contributed by atoms with Gasteiger partial charge in [-0.1, -0.05) is 147 Å². The van der Waals surface area contributed by atoms with Crippen LogP contribution in [0.5, 0.6) is 0 Å². The highest BCUT2D eigenvalue weighted by Gasteiger charge is 2.49. The van der Waals surface area contributed by atoms with Crippen molar-refractivity contribution < 1.29 is 14.4 Å². The largest absolute Gasteiger partial charge is 0.477 e. The predicted octanol–water partition coefficient (Wildman–Crippen LogP) is 11.8. The van der Waals surface area contributed by atoms with Crippen molar-refractivity contribution in [3.63, 3.8) is 0 Å². The molecule has 0 aliphatic rings. The summed E-state index contributed by atoms with van der Waals surface area (Å²) in [7, 11) is 6.26. The zero-order chi connectivity index (χ0) is 29.8. The molecule has 0 saturated heterocycles. The fraction of sp³-hybridized carbons (Fsp3) is 0.865. The molecule has 0 spiro atoms. The van der Waals surface area contributed by atoms with Crippen LogP contribution in [0.25, 0.3) is 0 Å². The van der Waals surface area contributed by atoms with E-state index in [9.17, 15) is 9.90 Å². The molecule has 1 unspecified atom stereocenters. The lowest BCUT2D eigenvalue weighted by atomic mass is 9.83. The van der Waals surface area contributed by atoms with Gasteiger partial charge in [-0.3, -0.25) is 0 Å². The number of carboxylic acid groups (broad SMARTS) is 1. The quantitative estimate of drug-likeness (QED) is 0.0537. The molecule has 0 fully saturated rings. The molecule has 1 N–H and O–H groups in total. The first-order valence-electron chi connectivity index (χ1n) is 17.7. The zero-order valence-electron chi connectivity index (χ0n) is 28.0. The van der Waals surface area contributed by atoms with Crippen molar-refractivity contribution in [2.45, 2.75) is 186 Å². The number of unbranched alkanes of at least 4 members (excludes halogenated alkanes) is 20. The lowest BCUT2D eigenvalue weighted by Gasteiger charge is -2.43. The third-order valence-corrected chi connectivity index (χ3v) is 8.92. The maximum atomic E-state index is 12.6. The summed E-state index contributed by atoms with van der Waals surface area (Å²) in [5.41, 5.74) is -0.645. The van der Waals surface area contributed by atoms with Crippen LogP contribution in [0.1, 0.15) is 181 Å². The van der Waals surface area contributed by atoms with Crippen LogP contribution in [0.2, 0.25) is 0 Å². The molecule has 3 nitrogen and oxygen atoms in total. The smallest absolute Gasteiger partial charge is 0.365 e. The van der Waals surface area contributed by atoms with Crippen LogP contribution in [0.15, 0.2) is 24.3 Å². The molecular weight excluding hydrogens is 490 g/mol. The van der Waals surface area contributed by atoms with E-state index in [-0.39, 0.29) is 0 Å². The third-order valence-electron chi connectivity index (χ3n) is 8.92. The van der Waals surface area contributed by atoms with Crippen LogP contribution in [-0.2, 0) is 4.79 Å². The maximum Gasteiger partial charge on any atom is 0.365 e. The maximum absolute atomic E-state index is 12.6. The van der Waals surface area contributed by atoms with Crippen LogP contribution >= 0.6 is 0 Å². The zero-order valence-corrected chi connectivity index (χ0v) is 28.0. The number of aliphatic carboxylic acids is 1. The average molecular weight is 563 g/mol. The molecule has 0 aliphatic heterocycles. The van der Waals surface area contributed by atoms with E-state index in [4.69, 9.17) is 0 Å². The molecule has 1 atom stereocenters. The van der Waals surface area contributed by atoms with Crippen LogP contribution in [0, 0.1) is 0 Å². The highest BCUT2D eigenvalue weighted by Crippen LogP contribution is 2.32. The number of rotatable bonds is 30. The van der Waals surface area contributed by atoms with Crippen molar-refractivity contribution in [3.8, 4) is 0 Å². The van der Waals surface area contributed by atoms with Gasteiger partial charge in [-0.15, -0.1) is 0 Å². The second kappa shape index (κ2) is 26.8. The van der Waals surface area contributed by atoms with Gasteiger partial charge in [-0.25, -0.2) is 4.79 Å². The summed E-state index contributed by atoms with van der Waals surface area (Å²) < 4.78 is 0.528. The number of carboxylic acids is 1. The molecule has 0 aliphatic carbocycles. The normalized spacial score (nSPS) is 13.9. The number of likely N-dealkylation sites (N-methyl/N-ethyl adjacent to an activating group) is 1. The molecule has 0 rings (SSSR count). The summed E-state index contributed by atoms with van der Waals surface area (Å²) in [5.74, 6) is -0.592. The Morgan fingerprint density at radius 1 is 0.525 bits per heavy atom. The van der Waals surface area contributed by atoms with E-state index in [1.54, 1.807) is 0 Å². The fourth-order valence-electron chi connectivity index (χ4n) is 5.96. The Morgan fingerprint density at radius 2 is 0.850 bits per heavy atom. The van der Waals surface area contributed by atoms with E-state index in [0.29, 0.717) is 4.48 Å². The lowest BCUT2D eigenvalue weighted by Crippen LogP contribution is -2.62. The average Bonchev–Trinajstić information content (AvgIpc) is 2.91. The highest BCUT2D eigenvalue weighted by atomic mass is 16.4. The molecule has 0 aromatic heterocycles. The minimum atomic E-state index is -0.645. The van der Waals surface area contributed by atoms with Crippen LogP contribution in [0.4, 0.5) is 0 Å². The molecular formula is C37H72NO2+. The van der Waals surface area contributed by atoms with Crippen molar-refractivity contribution in [2.75, 3.05) is 21.1 Å². The van der Waals surface area contributed by atoms with Crippen molar-refractivity contribution in [2.24, 2.45) is 0 Å². The monoisotopic (exact) mass is 563 g/mol. The van der Waals surface area contributed by atoms with E-state index in [0.717, 1.165) is 38.5 Å². The SMILES string of the molecule is CCCCC/C=C\C/C=C\CCCCCCCCC(CCCCCCCCCCCCCC)(C(=O)O)[N+](C)(C)C. The van der Waals surface area contributed by atoms with E-state index >= 15 is 0 Å². The van der Waals surface area contributed by atoms with Gasteiger partial charge in [0, 0.05) is 12.8 Å². The van der Waals surface area contributed by atoms with Gasteiger partial charge in [0.15, 0.2) is 5.54 Å². The Bertz CT molecular complexity index is 618. The first kappa shape index (κ1) is 38.9. The van der Waals surface area contributed by atoms with Crippen molar-refractivity contribution >= 4 is 5.97 Å². The summed E-state index contributed by atoms with van der Waals surface area (Å²) in [5, 5.41) is 10.3. The summed E-state index contributed by atoms with van der Waals surface area (Å²) in [4.78, 5) is 12.6. The fourth-order valence-corrected chi connectivity index (χ4v) is 5.96. The number of hydrogen-bond donors (Lipinski definition) is 1. The Hall–Kier alpha value is -1.09. The van der Waals surface area contributed by atoms with Crippen LogP contribution in [-0.4, -0.2) is 42.2 Å². The minimum absolute atomic E-state index is 0.528. The predicted molar refractivity (Wildman–Crippen MR) is 178 cm³/mol. The standard InChI is InChI=1S/C37H71NO2/c1-6-8-10-12-14-16-18-20-21-22-23-25-27-29-31-33-35-37(36(39)40,38(3,4)5)34-32-30-28-26-24-19-17-15-13-11-9-7-2/h14,16,20-21H,6-13,15,17-19,22-35H2,1-5H3/p+1/b16-14-,21-20-. The van der Waals surface area contributed by atoms with Gasteiger partial charge in [0.2, 0.25) is 0 Å². The van der Waals surface area contributed by atoms with Gasteiger partial charge < -0.3 is 9.59 Å². The van der Waals surface area contributed by atoms with Gasteiger partial charge in [-0.05, 0) is 44.9 Å². The number of hydrogen-bond acceptors (Lipinski definition) is 1. The number of allylic oxidation sites excluding steroid dienone is 4. The Balaban J connectivity index is 4.06. The first-order chi connectivity index (χ1) is 19.3. The first-order valence-corrected chi connectivity index (χ1v) is 17.7. The van der Waals surface area contributed by atoms with Gasteiger partial charge in [0.1, 0.15) is 0 Å². The topological polar surface area (TPSA) is 37.3 Å². The molecule has 3 heteroatoms. The van der Waals surface area contributed by atoms with Crippen molar-refractivity contribution in [1.29, 1.82) is 0 Å². The minimum Gasteiger partial charge on any atom is -0.477 e. The highest BCUT2D eigenvalue weighted by molar-refractivity contribution is 5.77. The Labute approximate surface area is 251 Å². The van der Waals surface area contributed by atoms with E-state index in [1.165, 1.54) is 128 Å². The summed E-state index contributed by atoms with van der Waals surface area (Å²) in [6.07, 6.45) is 41.4. The molecule has 0 saturated carbocycles. The summed E-state index contributed by atoms with van der Waals surface area (Å²) in [6, 6.07) is 0. The van der Waals surface area contributed by atoms with E-state index < -0.39 is 11.5 Å². The lowest BCUT2D eigenvalue weighted by molar-refractivity contribution is -0.915. The summed E-state index contributed by atoms with van der Waals surface area (Å²) in [6.45, 7) is 4.53. The number of nitrogens with zero attached hydrogens (tertiary/aromatic N) is 1. The van der Waals surface area contributed by atoms with Gasteiger partial charge >= 0.3 is 5.97 Å².